The standard InChI is InChI=1S/C11H14Br3NO/c1-2-16-5-3-4-15-11-9(13)6-8(12)7-10(11)14/h6-7,15H,2-5H2,1H3. The van der Waals surface area contributed by atoms with Crippen LogP contribution in [-0.4, -0.2) is 19.8 Å². The van der Waals surface area contributed by atoms with Gasteiger partial charge in [0.05, 0.1) is 5.69 Å². The van der Waals surface area contributed by atoms with E-state index in [0.29, 0.717) is 0 Å². The van der Waals surface area contributed by atoms with E-state index >= 15 is 0 Å². The van der Waals surface area contributed by atoms with Gasteiger partial charge in [0.2, 0.25) is 0 Å². The number of hydrogen-bond acceptors (Lipinski definition) is 2. The van der Waals surface area contributed by atoms with Crippen LogP contribution in [0.5, 0.6) is 0 Å². The number of ether oxygens (including phenoxy) is 1. The highest BCUT2D eigenvalue weighted by atomic mass is 79.9. The summed E-state index contributed by atoms with van der Waals surface area (Å²) >= 11 is 10.5. The van der Waals surface area contributed by atoms with E-state index in [-0.39, 0.29) is 0 Å². The van der Waals surface area contributed by atoms with Crippen LogP contribution in [0.3, 0.4) is 0 Å². The quantitative estimate of drug-likeness (QED) is 0.673. The molecule has 1 N–H and O–H groups in total. The predicted octanol–water partition coefficient (Wildman–Crippen LogP) is 4.81. The summed E-state index contributed by atoms with van der Waals surface area (Å²) < 4.78 is 8.42. The molecule has 0 bridgehead atoms. The second kappa shape index (κ2) is 7.69. The molecule has 5 heteroatoms. The largest absolute Gasteiger partial charge is 0.383 e. The van der Waals surface area contributed by atoms with Gasteiger partial charge in [-0.25, -0.2) is 0 Å². The van der Waals surface area contributed by atoms with Crippen LogP contribution in [0.15, 0.2) is 25.6 Å². The van der Waals surface area contributed by atoms with E-state index in [4.69, 9.17) is 4.74 Å². The van der Waals surface area contributed by atoms with Gasteiger partial charge in [0.25, 0.3) is 0 Å². The zero-order chi connectivity index (χ0) is 12.0. The minimum atomic E-state index is 0.783. The van der Waals surface area contributed by atoms with Gasteiger partial charge in [0, 0.05) is 33.2 Å². The van der Waals surface area contributed by atoms with Crippen LogP contribution in [0.1, 0.15) is 13.3 Å². The molecule has 0 atom stereocenters. The molecule has 1 aromatic carbocycles. The zero-order valence-electron chi connectivity index (χ0n) is 9.03. The van der Waals surface area contributed by atoms with Crippen molar-refractivity contribution < 1.29 is 4.74 Å². The first-order valence-electron chi connectivity index (χ1n) is 5.11. The maximum atomic E-state index is 5.28. The highest BCUT2D eigenvalue weighted by Crippen LogP contribution is 2.34. The molecule has 1 rings (SSSR count). The van der Waals surface area contributed by atoms with Gasteiger partial charge in [-0.3, -0.25) is 0 Å². The summed E-state index contributed by atoms with van der Waals surface area (Å²) in [7, 11) is 0. The first-order valence-corrected chi connectivity index (χ1v) is 7.49. The van der Waals surface area contributed by atoms with Gasteiger partial charge in [-0.05, 0) is 57.3 Å². The van der Waals surface area contributed by atoms with Crippen molar-refractivity contribution in [2.75, 3.05) is 25.1 Å². The van der Waals surface area contributed by atoms with Crippen LogP contribution in [0.2, 0.25) is 0 Å². The fourth-order valence-corrected chi connectivity index (χ4v) is 3.78. The molecule has 0 amide bonds. The molecule has 0 heterocycles. The van der Waals surface area contributed by atoms with Gasteiger partial charge in [-0.1, -0.05) is 15.9 Å². The third kappa shape index (κ3) is 4.73. The van der Waals surface area contributed by atoms with Gasteiger partial charge in [-0.15, -0.1) is 0 Å². The molecule has 0 radical (unpaired) electrons. The van der Waals surface area contributed by atoms with Crippen molar-refractivity contribution in [2.24, 2.45) is 0 Å². The first kappa shape index (κ1) is 14.5. The van der Waals surface area contributed by atoms with Gasteiger partial charge >= 0.3 is 0 Å². The Kier molecular flexibility index (Phi) is 6.96. The van der Waals surface area contributed by atoms with Crippen LogP contribution < -0.4 is 5.32 Å². The average molecular weight is 416 g/mol. The smallest absolute Gasteiger partial charge is 0.0629 e. The zero-order valence-corrected chi connectivity index (χ0v) is 13.8. The fraction of sp³-hybridized carbons (Fsp3) is 0.455. The molecular weight excluding hydrogens is 402 g/mol. The van der Waals surface area contributed by atoms with Gasteiger partial charge < -0.3 is 10.1 Å². The molecule has 2 nitrogen and oxygen atoms in total. The molecule has 0 saturated carbocycles. The maximum absolute atomic E-state index is 5.28. The second-order valence-corrected chi connectivity index (χ2v) is 5.85. The molecule has 0 aliphatic carbocycles. The number of hydrogen-bond donors (Lipinski definition) is 1. The molecule has 0 aliphatic heterocycles. The van der Waals surface area contributed by atoms with Crippen molar-refractivity contribution in [3.63, 3.8) is 0 Å². The predicted molar refractivity (Wildman–Crippen MR) is 79.1 cm³/mol. The van der Waals surface area contributed by atoms with Gasteiger partial charge in [-0.2, -0.15) is 0 Å². The minimum Gasteiger partial charge on any atom is -0.383 e. The van der Waals surface area contributed by atoms with E-state index in [2.05, 4.69) is 53.1 Å². The Morgan fingerprint density at radius 2 is 1.81 bits per heavy atom. The molecule has 0 unspecified atom stereocenters. The van der Waals surface area contributed by atoms with Crippen molar-refractivity contribution in [3.8, 4) is 0 Å². The molecule has 0 saturated heterocycles. The number of benzene rings is 1. The van der Waals surface area contributed by atoms with Crippen molar-refractivity contribution in [3.05, 3.63) is 25.6 Å². The molecule has 90 valence electrons. The van der Waals surface area contributed by atoms with Crippen molar-refractivity contribution in [2.45, 2.75) is 13.3 Å². The fourth-order valence-electron chi connectivity index (χ4n) is 1.24. The number of halogens is 3. The second-order valence-electron chi connectivity index (χ2n) is 3.22. The highest BCUT2D eigenvalue weighted by Gasteiger charge is 2.05. The lowest BCUT2D eigenvalue weighted by atomic mass is 10.3. The minimum absolute atomic E-state index is 0.783. The maximum Gasteiger partial charge on any atom is 0.0629 e. The van der Waals surface area contributed by atoms with E-state index < -0.39 is 0 Å². The summed E-state index contributed by atoms with van der Waals surface area (Å²) in [5.41, 5.74) is 1.08. The Labute approximate surface area is 122 Å². The van der Waals surface area contributed by atoms with Crippen LogP contribution in [0.25, 0.3) is 0 Å². The van der Waals surface area contributed by atoms with Gasteiger partial charge in [0.1, 0.15) is 0 Å². The van der Waals surface area contributed by atoms with E-state index in [0.717, 1.165) is 45.3 Å². The van der Waals surface area contributed by atoms with E-state index in [9.17, 15) is 0 Å². The SMILES string of the molecule is CCOCCCNc1c(Br)cc(Br)cc1Br. The summed E-state index contributed by atoms with van der Waals surface area (Å²) in [4.78, 5) is 0. The van der Waals surface area contributed by atoms with E-state index in [1.165, 1.54) is 0 Å². The first-order chi connectivity index (χ1) is 7.65. The normalized spacial score (nSPS) is 10.5. The summed E-state index contributed by atoms with van der Waals surface area (Å²) in [6.45, 7) is 4.50. The highest BCUT2D eigenvalue weighted by molar-refractivity contribution is 9.11. The van der Waals surface area contributed by atoms with E-state index in [1.54, 1.807) is 0 Å². The monoisotopic (exact) mass is 413 g/mol. The molecule has 16 heavy (non-hydrogen) atoms. The Morgan fingerprint density at radius 1 is 1.19 bits per heavy atom. The lowest BCUT2D eigenvalue weighted by molar-refractivity contribution is 0.147. The summed E-state index contributed by atoms with van der Waals surface area (Å²) in [6, 6.07) is 4.05. The summed E-state index contributed by atoms with van der Waals surface area (Å²) in [5, 5.41) is 3.37. The molecule has 0 aliphatic rings. The van der Waals surface area contributed by atoms with Crippen molar-refractivity contribution in [1.29, 1.82) is 0 Å². The third-order valence-electron chi connectivity index (χ3n) is 1.98. The number of nitrogens with one attached hydrogen (secondary N) is 1. The van der Waals surface area contributed by atoms with Crippen molar-refractivity contribution in [1.82, 2.24) is 0 Å². The molecule has 1 aromatic rings. The number of anilines is 1. The topological polar surface area (TPSA) is 21.3 Å². The Balaban J connectivity index is 2.47. The number of rotatable bonds is 6. The van der Waals surface area contributed by atoms with Crippen molar-refractivity contribution >= 4 is 53.5 Å². The average Bonchev–Trinajstić information content (AvgIpc) is 2.20. The van der Waals surface area contributed by atoms with Gasteiger partial charge in [0.15, 0.2) is 0 Å². The van der Waals surface area contributed by atoms with Crippen LogP contribution in [0.4, 0.5) is 5.69 Å². The summed E-state index contributed by atoms with van der Waals surface area (Å²) in [5.74, 6) is 0. The van der Waals surface area contributed by atoms with Crippen LogP contribution in [0, 0.1) is 0 Å². The Morgan fingerprint density at radius 3 is 2.38 bits per heavy atom. The third-order valence-corrected chi connectivity index (χ3v) is 3.69. The lowest BCUT2D eigenvalue weighted by Gasteiger charge is -2.11. The molecular formula is C11H14Br3NO. The Hall–Kier alpha value is 0.420. The molecule has 0 aromatic heterocycles. The van der Waals surface area contributed by atoms with Crippen LogP contribution >= 0.6 is 47.8 Å². The van der Waals surface area contributed by atoms with Crippen LogP contribution in [-0.2, 0) is 4.74 Å². The van der Waals surface area contributed by atoms with E-state index in [1.807, 2.05) is 19.1 Å². The molecule has 0 fully saturated rings. The molecule has 0 spiro atoms. The Bertz CT molecular complexity index is 321. The summed E-state index contributed by atoms with van der Waals surface area (Å²) in [6.07, 6.45) is 1.00. The lowest BCUT2D eigenvalue weighted by Crippen LogP contribution is -2.06.